The van der Waals surface area contributed by atoms with Crippen LogP contribution in [0.1, 0.15) is 84.5 Å². The first-order chi connectivity index (χ1) is 14.0. The molecule has 9 nitrogen and oxygen atoms in total. The second kappa shape index (κ2) is 19.1. The molecule has 1 unspecified atom stereocenters. The van der Waals surface area contributed by atoms with Crippen molar-refractivity contribution in [2.75, 3.05) is 34.3 Å². The van der Waals surface area contributed by atoms with Crippen LogP contribution in [0.25, 0.3) is 0 Å². The fraction of sp³-hybridized carbons (Fsp3) is 0.905. The van der Waals surface area contributed by atoms with Crippen LogP contribution in [-0.2, 0) is 19.1 Å². The Morgan fingerprint density at radius 2 is 1.33 bits per heavy atom. The molecular formula is C21H42N2O7. The molecule has 178 valence electrons. The van der Waals surface area contributed by atoms with Crippen molar-refractivity contribution >= 4 is 11.9 Å². The van der Waals surface area contributed by atoms with Crippen molar-refractivity contribution in [2.24, 2.45) is 0 Å². The van der Waals surface area contributed by atoms with Crippen LogP contribution in [0.5, 0.6) is 0 Å². The largest absolute Gasteiger partial charge is 0.466 e. The molecule has 0 heterocycles. The van der Waals surface area contributed by atoms with E-state index < -0.39 is 11.2 Å². The van der Waals surface area contributed by atoms with E-state index in [1.165, 1.54) is 44.9 Å². The molecule has 1 atom stereocenters. The summed E-state index contributed by atoms with van der Waals surface area (Å²) in [6, 6.07) is 0. The van der Waals surface area contributed by atoms with Crippen LogP contribution in [0.2, 0.25) is 0 Å². The zero-order valence-electron chi connectivity index (χ0n) is 19.5. The van der Waals surface area contributed by atoms with Crippen molar-refractivity contribution < 1.29 is 28.6 Å². The van der Waals surface area contributed by atoms with Crippen molar-refractivity contribution in [1.29, 1.82) is 0 Å². The van der Waals surface area contributed by atoms with Crippen LogP contribution in [0.15, 0.2) is 0 Å². The SMILES string of the molecule is CCCCCCCCCCCOC(=O)CC(C[N+](C)(C)C)OC(=O)CC.O=[N+]([O-])[O-]. The second-order valence-electron chi connectivity index (χ2n) is 8.41. The predicted molar refractivity (Wildman–Crippen MR) is 116 cm³/mol. The number of carbonyl (C=O) groups excluding carboxylic acids is 2. The lowest BCUT2D eigenvalue weighted by Gasteiger charge is -2.28. The van der Waals surface area contributed by atoms with Crippen LogP contribution < -0.4 is 0 Å². The van der Waals surface area contributed by atoms with Gasteiger partial charge in [0.15, 0.2) is 6.10 Å². The van der Waals surface area contributed by atoms with Crippen molar-refractivity contribution in [3.8, 4) is 0 Å². The second-order valence-corrected chi connectivity index (χ2v) is 8.41. The number of unbranched alkanes of at least 4 members (excludes halogenated alkanes) is 8. The number of hydrogen-bond donors (Lipinski definition) is 0. The quantitative estimate of drug-likeness (QED) is 0.117. The van der Waals surface area contributed by atoms with Gasteiger partial charge in [0.1, 0.15) is 6.54 Å². The number of nitrogens with zero attached hydrogens (tertiary/aromatic N) is 2. The van der Waals surface area contributed by atoms with Gasteiger partial charge in [0.25, 0.3) is 0 Å². The Morgan fingerprint density at radius 1 is 0.867 bits per heavy atom. The van der Waals surface area contributed by atoms with E-state index in [0.29, 0.717) is 24.1 Å². The smallest absolute Gasteiger partial charge is 0.309 e. The Bertz CT molecular complexity index is 461. The minimum atomic E-state index is -1.75. The zero-order chi connectivity index (χ0) is 23.4. The average Bonchev–Trinajstić information content (AvgIpc) is 2.61. The van der Waals surface area contributed by atoms with E-state index in [4.69, 9.17) is 24.8 Å². The molecule has 0 bridgehead atoms. The molecule has 0 amide bonds. The van der Waals surface area contributed by atoms with Gasteiger partial charge in [-0.2, -0.15) is 0 Å². The lowest BCUT2D eigenvalue weighted by Crippen LogP contribution is -2.44. The lowest BCUT2D eigenvalue weighted by molar-refractivity contribution is -0.873. The summed E-state index contributed by atoms with van der Waals surface area (Å²) in [5, 5.41) is 14.8. The fourth-order valence-electron chi connectivity index (χ4n) is 2.87. The summed E-state index contributed by atoms with van der Waals surface area (Å²) in [7, 11) is 6.04. The van der Waals surface area contributed by atoms with Gasteiger partial charge in [-0.25, -0.2) is 0 Å². The standard InChI is InChI=1S/C21H42NO4.NO3/c1-6-8-9-10-11-12-13-14-15-16-25-21(24)17-19(18-22(3,4)5)26-20(23)7-2;2-1(3)4/h19H,6-18H2,1-5H3;/q+1;-1. The normalized spacial score (nSPS) is 11.8. The maximum atomic E-state index is 12.0. The van der Waals surface area contributed by atoms with Gasteiger partial charge in [-0.1, -0.05) is 65.2 Å². The minimum absolute atomic E-state index is 0.138. The van der Waals surface area contributed by atoms with Gasteiger partial charge in [-0.15, -0.1) is 0 Å². The molecule has 0 aliphatic heterocycles. The van der Waals surface area contributed by atoms with Crippen molar-refractivity contribution in [3.05, 3.63) is 15.3 Å². The van der Waals surface area contributed by atoms with Gasteiger partial charge in [0, 0.05) is 6.42 Å². The molecule has 0 spiro atoms. The summed E-state index contributed by atoms with van der Waals surface area (Å²) in [5.41, 5.74) is 0. The van der Waals surface area contributed by atoms with E-state index in [1.54, 1.807) is 6.92 Å². The van der Waals surface area contributed by atoms with Crippen LogP contribution in [0.3, 0.4) is 0 Å². The first-order valence-electron chi connectivity index (χ1n) is 11.0. The third-order valence-electron chi connectivity index (χ3n) is 4.24. The van der Waals surface area contributed by atoms with E-state index in [2.05, 4.69) is 6.92 Å². The van der Waals surface area contributed by atoms with Crippen molar-refractivity contribution in [2.45, 2.75) is 90.6 Å². The van der Waals surface area contributed by atoms with E-state index >= 15 is 0 Å². The van der Waals surface area contributed by atoms with Gasteiger partial charge in [-0.05, 0) is 6.42 Å². The van der Waals surface area contributed by atoms with Crippen LogP contribution in [0, 0.1) is 15.3 Å². The van der Waals surface area contributed by atoms with Gasteiger partial charge >= 0.3 is 11.9 Å². The molecule has 0 saturated carbocycles. The number of likely N-dealkylation sites (N-methyl/N-ethyl adjacent to an activating group) is 1. The highest BCUT2D eigenvalue weighted by Gasteiger charge is 2.25. The first kappa shape index (κ1) is 30.3. The Hall–Kier alpha value is -1.90. The zero-order valence-corrected chi connectivity index (χ0v) is 19.5. The maximum Gasteiger partial charge on any atom is 0.309 e. The first-order valence-corrected chi connectivity index (χ1v) is 11.0. The molecule has 0 aliphatic rings. The van der Waals surface area contributed by atoms with E-state index in [9.17, 15) is 9.59 Å². The Kier molecular flexibility index (Phi) is 19.3. The van der Waals surface area contributed by atoms with E-state index in [1.807, 2.05) is 21.1 Å². The molecule has 0 N–H and O–H groups in total. The Labute approximate surface area is 181 Å². The van der Waals surface area contributed by atoms with E-state index in [-0.39, 0.29) is 18.4 Å². The van der Waals surface area contributed by atoms with Crippen molar-refractivity contribution in [3.63, 3.8) is 0 Å². The van der Waals surface area contributed by atoms with Gasteiger partial charge in [0.05, 0.1) is 39.3 Å². The number of hydrogen-bond acceptors (Lipinski definition) is 7. The number of quaternary nitrogens is 1. The molecule has 0 aromatic carbocycles. The predicted octanol–water partition coefficient (Wildman–Crippen LogP) is 4.24. The van der Waals surface area contributed by atoms with Gasteiger partial charge in [0.2, 0.25) is 0 Å². The summed E-state index contributed by atoms with van der Waals surface area (Å²) in [5.74, 6) is -0.540. The summed E-state index contributed by atoms with van der Waals surface area (Å²) in [6.07, 6.45) is 11.2. The number of ether oxygens (including phenoxy) is 2. The fourth-order valence-corrected chi connectivity index (χ4v) is 2.87. The molecule has 0 aromatic rings. The Morgan fingerprint density at radius 3 is 1.77 bits per heavy atom. The topological polar surface area (TPSA) is 119 Å². The molecule has 0 saturated heterocycles. The molecule has 0 radical (unpaired) electrons. The lowest BCUT2D eigenvalue weighted by atomic mass is 10.1. The van der Waals surface area contributed by atoms with Crippen LogP contribution >= 0.6 is 0 Å². The summed E-state index contributed by atoms with van der Waals surface area (Å²) < 4.78 is 11.3. The number of esters is 2. The molecule has 0 fully saturated rings. The number of carbonyl (C=O) groups is 2. The maximum absolute atomic E-state index is 12.0. The Balaban J connectivity index is 0. The molecule has 0 aromatic heterocycles. The molecule has 9 heteroatoms. The molecule has 0 aliphatic carbocycles. The van der Waals surface area contributed by atoms with Gasteiger partial charge in [-0.3, -0.25) is 9.59 Å². The third-order valence-corrected chi connectivity index (χ3v) is 4.24. The summed E-state index contributed by atoms with van der Waals surface area (Å²) in [4.78, 5) is 31.8. The highest BCUT2D eigenvalue weighted by molar-refractivity contribution is 5.72. The van der Waals surface area contributed by atoms with Gasteiger partial charge < -0.3 is 29.3 Å². The molecule has 30 heavy (non-hydrogen) atoms. The number of rotatable bonds is 16. The summed E-state index contributed by atoms with van der Waals surface area (Å²) in [6.45, 7) is 5.05. The van der Waals surface area contributed by atoms with Crippen molar-refractivity contribution in [1.82, 2.24) is 0 Å². The third kappa shape index (κ3) is 26.1. The minimum Gasteiger partial charge on any atom is -0.466 e. The van der Waals surface area contributed by atoms with E-state index in [0.717, 1.165) is 12.8 Å². The molecular weight excluding hydrogens is 392 g/mol. The van der Waals surface area contributed by atoms with Crippen LogP contribution in [0.4, 0.5) is 0 Å². The summed E-state index contributed by atoms with van der Waals surface area (Å²) >= 11 is 0. The average molecular weight is 435 g/mol. The monoisotopic (exact) mass is 434 g/mol. The highest BCUT2D eigenvalue weighted by atomic mass is 16.9. The highest BCUT2D eigenvalue weighted by Crippen LogP contribution is 2.11. The van der Waals surface area contributed by atoms with Crippen LogP contribution in [-0.4, -0.2) is 61.9 Å². The molecule has 0 rings (SSSR count).